The summed E-state index contributed by atoms with van der Waals surface area (Å²) in [5.41, 5.74) is -0.0198. The van der Waals surface area contributed by atoms with Crippen LogP contribution in [0.4, 0.5) is 10.6 Å². The summed E-state index contributed by atoms with van der Waals surface area (Å²) in [6, 6.07) is 17.4. The maximum absolute atomic E-state index is 13.9. The van der Waals surface area contributed by atoms with Crippen molar-refractivity contribution < 1.29 is 47.3 Å². The van der Waals surface area contributed by atoms with E-state index >= 15 is 0 Å². The number of methoxy groups -OCH3 is 1. The average molecular weight is 661 g/mol. The van der Waals surface area contributed by atoms with Crippen LogP contribution in [0, 0.1) is 0 Å². The van der Waals surface area contributed by atoms with Crippen LogP contribution in [0.1, 0.15) is 39.0 Å². The molecule has 1 fully saturated rings. The Morgan fingerprint density at radius 1 is 1.11 bits per heavy atom. The van der Waals surface area contributed by atoms with E-state index in [-0.39, 0.29) is 24.6 Å². The van der Waals surface area contributed by atoms with Gasteiger partial charge in [-0.05, 0) is 44.5 Å². The van der Waals surface area contributed by atoms with Gasteiger partial charge in [0, 0.05) is 19.7 Å². The van der Waals surface area contributed by atoms with E-state index in [1.54, 1.807) is 56.3 Å². The molecule has 2 heterocycles. The van der Waals surface area contributed by atoms with Gasteiger partial charge in [-0.25, -0.2) is 14.2 Å². The van der Waals surface area contributed by atoms with Crippen LogP contribution in [0.15, 0.2) is 77.7 Å². The highest BCUT2D eigenvalue weighted by Gasteiger charge is 2.52. The number of rotatable bonds is 14. The molecule has 16 heteroatoms. The number of aliphatic hydroxyl groups excluding tert-OH is 1. The Labute approximate surface area is 265 Å². The SMILES string of the molecule is CO[C@]1(COP(=O)(N[C@H](C)C(=O)OC(C)C)Oc2ccccc2)O[C@@H](n2ccc(NC(=O)OCc3ccccc3)nc2=O)C[C@@H]1O. The number of anilines is 1. The molecule has 0 saturated carbocycles. The number of carbonyl (C=O) groups is 2. The molecule has 4 rings (SSSR count). The zero-order chi connectivity index (χ0) is 33.3. The summed E-state index contributed by atoms with van der Waals surface area (Å²) in [6.07, 6.45) is -2.50. The first-order valence-corrected chi connectivity index (χ1v) is 15.9. The standard InChI is InChI=1S/C30H37N4O11P/c1-20(2)43-27(36)21(3)33-46(39,45-23-13-9-6-10-14-23)42-19-30(40-4)24(35)17-26(44-30)34-16-15-25(31-28(34)37)32-29(38)41-18-22-11-7-5-8-12-22/h5-16,20-21,24,26,35H,17-19H2,1-4H3,(H,33,39)(H,31,32,37,38)/t21-,24+,26-,30-,46?/m1/s1. The number of ether oxygens (including phenoxy) is 4. The fourth-order valence-corrected chi connectivity index (χ4v) is 5.85. The fraction of sp³-hybridized carbons (Fsp3) is 0.400. The van der Waals surface area contributed by atoms with Crippen LogP contribution in [0.25, 0.3) is 0 Å². The second kappa shape index (κ2) is 15.5. The molecule has 0 bridgehead atoms. The predicted octanol–water partition coefficient (Wildman–Crippen LogP) is 3.75. The number of benzene rings is 2. The summed E-state index contributed by atoms with van der Waals surface area (Å²) in [5.74, 6) is -2.48. The number of para-hydroxylation sites is 1. The average Bonchev–Trinajstić information content (AvgIpc) is 3.35. The molecular weight excluding hydrogens is 623 g/mol. The predicted molar refractivity (Wildman–Crippen MR) is 164 cm³/mol. The van der Waals surface area contributed by atoms with Gasteiger partial charge in [-0.15, -0.1) is 0 Å². The first-order chi connectivity index (χ1) is 21.9. The minimum atomic E-state index is -4.33. The number of aromatic nitrogens is 2. The van der Waals surface area contributed by atoms with Gasteiger partial charge in [0.2, 0.25) is 5.79 Å². The second-order valence-corrected chi connectivity index (χ2v) is 12.2. The van der Waals surface area contributed by atoms with Gasteiger partial charge in [0.15, 0.2) is 0 Å². The van der Waals surface area contributed by atoms with E-state index in [2.05, 4.69) is 15.4 Å². The molecule has 3 aromatic rings. The second-order valence-electron chi connectivity index (χ2n) is 10.5. The summed E-state index contributed by atoms with van der Waals surface area (Å²) >= 11 is 0. The van der Waals surface area contributed by atoms with Crippen molar-refractivity contribution in [2.75, 3.05) is 19.0 Å². The number of nitrogens with one attached hydrogen (secondary N) is 2. The topological polar surface area (TPSA) is 186 Å². The maximum atomic E-state index is 13.9. The quantitative estimate of drug-likeness (QED) is 0.168. The third-order valence-electron chi connectivity index (χ3n) is 6.66. The smallest absolute Gasteiger partial charge is 0.459 e. The van der Waals surface area contributed by atoms with Gasteiger partial charge in [0.05, 0.1) is 6.10 Å². The van der Waals surface area contributed by atoms with Gasteiger partial charge in [-0.1, -0.05) is 48.5 Å². The Morgan fingerprint density at radius 3 is 2.41 bits per heavy atom. The van der Waals surface area contributed by atoms with Crippen LogP contribution in [0.2, 0.25) is 0 Å². The molecule has 0 aliphatic carbocycles. The first-order valence-electron chi connectivity index (χ1n) is 14.4. The summed E-state index contributed by atoms with van der Waals surface area (Å²) in [5, 5.41) is 15.9. The largest absolute Gasteiger partial charge is 0.462 e. The molecule has 1 unspecified atom stereocenters. The van der Waals surface area contributed by atoms with Crippen molar-refractivity contribution in [2.24, 2.45) is 0 Å². The number of hydrogen-bond acceptors (Lipinski definition) is 12. The summed E-state index contributed by atoms with van der Waals surface area (Å²) in [7, 11) is -3.09. The van der Waals surface area contributed by atoms with Gasteiger partial charge < -0.3 is 28.6 Å². The Kier molecular flexibility index (Phi) is 11.7. The molecule has 248 valence electrons. The van der Waals surface area contributed by atoms with Crippen LogP contribution in [0.3, 0.4) is 0 Å². The molecular formula is C30H37N4O11P. The van der Waals surface area contributed by atoms with E-state index in [0.717, 1.165) is 10.1 Å². The van der Waals surface area contributed by atoms with Crippen molar-refractivity contribution >= 4 is 25.6 Å². The third kappa shape index (κ3) is 9.22. The van der Waals surface area contributed by atoms with Crippen LogP contribution in [0.5, 0.6) is 5.75 Å². The first kappa shape index (κ1) is 34.8. The van der Waals surface area contributed by atoms with E-state index in [4.69, 9.17) is 28.0 Å². The molecule has 0 spiro atoms. The third-order valence-corrected chi connectivity index (χ3v) is 8.28. The molecule has 1 aromatic heterocycles. The molecule has 2 aromatic carbocycles. The van der Waals surface area contributed by atoms with Gasteiger partial charge in [-0.2, -0.15) is 10.1 Å². The van der Waals surface area contributed by atoms with E-state index < -0.39 is 62.4 Å². The minimum Gasteiger partial charge on any atom is -0.462 e. The van der Waals surface area contributed by atoms with Crippen molar-refractivity contribution in [3.05, 3.63) is 89.0 Å². The van der Waals surface area contributed by atoms with Crippen molar-refractivity contribution in [1.29, 1.82) is 0 Å². The lowest BCUT2D eigenvalue weighted by Gasteiger charge is -2.32. The van der Waals surface area contributed by atoms with E-state index in [1.165, 1.54) is 26.3 Å². The van der Waals surface area contributed by atoms with Gasteiger partial charge in [0.1, 0.15) is 43.2 Å². The van der Waals surface area contributed by atoms with Crippen LogP contribution in [-0.2, 0) is 39.4 Å². The van der Waals surface area contributed by atoms with Crippen molar-refractivity contribution in [2.45, 2.75) is 64.1 Å². The Bertz CT molecular complexity index is 1570. The maximum Gasteiger partial charge on any atom is 0.459 e. The minimum absolute atomic E-state index is 0.0263. The van der Waals surface area contributed by atoms with Crippen LogP contribution in [-0.4, -0.2) is 64.5 Å². The van der Waals surface area contributed by atoms with Gasteiger partial charge in [0.25, 0.3) is 0 Å². The van der Waals surface area contributed by atoms with Crippen molar-refractivity contribution in [3.63, 3.8) is 0 Å². The molecule has 15 nitrogen and oxygen atoms in total. The van der Waals surface area contributed by atoms with Crippen molar-refractivity contribution in [3.8, 4) is 5.75 Å². The molecule has 46 heavy (non-hydrogen) atoms. The lowest BCUT2D eigenvalue weighted by atomic mass is 10.1. The highest BCUT2D eigenvalue weighted by molar-refractivity contribution is 7.52. The highest BCUT2D eigenvalue weighted by atomic mass is 31.2. The molecule has 0 radical (unpaired) electrons. The Hall–Kier alpha value is -4.11. The van der Waals surface area contributed by atoms with Gasteiger partial charge >= 0.3 is 25.5 Å². The number of hydrogen-bond donors (Lipinski definition) is 3. The number of carbonyl (C=O) groups excluding carboxylic acids is 2. The summed E-state index contributed by atoms with van der Waals surface area (Å²) in [4.78, 5) is 41.4. The zero-order valence-electron chi connectivity index (χ0n) is 25.7. The van der Waals surface area contributed by atoms with Crippen LogP contribution < -0.4 is 20.6 Å². The highest BCUT2D eigenvalue weighted by Crippen LogP contribution is 2.48. The summed E-state index contributed by atoms with van der Waals surface area (Å²) < 4.78 is 48.1. The number of aliphatic hydroxyl groups is 1. The molecule has 5 atom stereocenters. The van der Waals surface area contributed by atoms with Crippen molar-refractivity contribution in [1.82, 2.24) is 14.6 Å². The van der Waals surface area contributed by atoms with Crippen LogP contribution >= 0.6 is 7.75 Å². The fourth-order valence-electron chi connectivity index (χ4n) is 4.35. The number of amides is 1. The lowest BCUT2D eigenvalue weighted by Crippen LogP contribution is -2.46. The van der Waals surface area contributed by atoms with E-state index in [9.17, 15) is 24.1 Å². The monoisotopic (exact) mass is 660 g/mol. The Morgan fingerprint density at radius 2 is 1.78 bits per heavy atom. The summed E-state index contributed by atoms with van der Waals surface area (Å²) in [6.45, 7) is 4.16. The van der Waals surface area contributed by atoms with Gasteiger partial charge in [-0.3, -0.25) is 19.2 Å². The molecule has 1 saturated heterocycles. The molecule has 3 N–H and O–H groups in total. The number of esters is 1. The normalized spacial score (nSPS) is 21.3. The molecule has 1 aliphatic rings. The molecule has 1 amide bonds. The van der Waals surface area contributed by atoms with E-state index in [0.29, 0.717) is 0 Å². The Balaban J connectivity index is 1.44. The number of nitrogens with zero attached hydrogens (tertiary/aromatic N) is 2. The van der Waals surface area contributed by atoms with E-state index in [1.807, 2.05) is 18.2 Å². The molecule has 1 aliphatic heterocycles. The zero-order valence-corrected chi connectivity index (χ0v) is 26.6. The lowest BCUT2D eigenvalue weighted by molar-refractivity contribution is -0.266.